The van der Waals surface area contributed by atoms with Gasteiger partial charge in [-0.25, -0.2) is 0 Å². The molecule has 1 N–H and O–H groups in total. The van der Waals surface area contributed by atoms with E-state index >= 15 is 0 Å². The minimum absolute atomic E-state index is 0.599. The number of hydrogen-bond donors (Lipinski definition) is 1. The molecule has 1 heterocycles. The average Bonchev–Trinajstić information content (AvgIpc) is 2.29. The number of dihydropyridines is 1. The summed E-state index contributed by atoms with van der Waals surface area (Å²) < 4.78 is 5.54. The molecule has 0 atom stereocenters. The molecule has 0 saturated carbocycles. The highest BCUT2D eigenvalue weighted by atomic mass is 16.5. The lowest BCUT2D eigenvalue weighted by Crippen LogP contribution is -2.17. The van der Waals surface area contributed by atoms with E-state index in [9.17, 15) is 0 Å². The maximum absolute atomic E-state index is 5.54. The molecule has 0 aromatic heterocycles. The lowest BCUT2D eigenvalue weighted by atomic mass is 10.2. The van der Waals surface area contributed by atoms with Gasteiger partial charge in [0, 0.05) is 0 Å². The maximum atomic E-state index is 5.54. The van der Waals surface area contributed by atoms with Crippen molar-refractivity contribution in [1.29, 1.82) is 0 Å². The first kappa shape index (κ1) is 9.03. The first-order valence-corrected chi connectivity index (χ1v) is 4.58. The van der Waals surface area contributed by atoms with Gasteiger partial charge in [-0.15, -0.1) is 0 Å². The van der Waals surface area contributed by atoms with Crippen LogP contribution in [-0.4, -0.2) is 0 Å². The van der Waals surface area contributed by atoms with Crippen LogP contribution in [0.25, 0.3) is 0 Å². The van der Waals surface area contributed by atoms with Crippen molar-refractivity contribution in [2.75, 3.05) is 0 Å². The van der Waals surface area contributed by atoms with Crippen LogP contribution in [-0.2, 0) is 11.3 Å². The van der Waals surface area contributed by atoms with Gasteiger partial charge in [-0.05, 0) is 23.9 Å². The van der Waals surface area contributed by atoms with Crippen LogP contribution in [0.15, 0.2) is 54.8 Å². The molecule has 71 valence electrons. The number of rotatable bonds is 3. The molecule has 0 spiro atoms. The number of allylic oxidation sites excluding steroid dienone is 2. The van der Waals surface area contributed by atoms with Crippen LogP contribution >= 0.6 is 0 Å². The predicted molar refractivity (Wildman–Crippen MR) is 55.9 cm³/mol. The molecule has 1 radical (unpaired) electrons. The third kappa shape index (κ3) is 2.47. The molecule has 2 rings (SSSR count). The highest BCUT2D eigenvalue weighted by molar-refractivity contribution is 5.18. The quantitative estimate of drug-likeness (QED) is 0.782. The fourth-order valence-corrected chi connectivity index (χ4v) is 1.20. The first-order valence-electron chi connectivity index (χ1n) is 4.58. The van der Waals surface area contributed by atoms with Crippen LogP contribution in [0.4, 0.5) is 0 Å². The van der Waals surface area contributed by atoms with Crippen molar-refractivity contribution >= 4 is 0 Å². The van der Waals surface area contributed by atoms with Gasteiger partial charge in [-0.3, -0.25) is 0 Å². The Kier molecular flexibility index (Phi) is 2.99. The number of nitrogens with one attached hydrogen (secondary N) is 1. The molecule has 2 heteroatoms. The molecule has 0 fully saturated rings. The minimum Gasteiger partial charge on any atom is -0.356 e. The van der Waals surface area contributed by atoms with Crippen LogP contribution in [0.1, 0.15) is 5.56 Å². The van der Waals surface area contributed by atoms with Crippen LogP contribution in [0, 0.1) is 6.23 Å². The number of hydrogen-bond acceptors (Lipinski definition) is 2. The standard InChI is InChI=1S/C12H12NO/c1-2-6-11(7-3-1)10-14-12-8-4-5-9-13-12/h1-9,13H,10H2. The SMILES string of the molecule is C1=CN[C](OCc2ccccc2)C=C1. The summed E-state index contributed by atoms with van der Waals surface area (Å²) in [6.45, 7) is 0.599. The van der Waals surface area contributed by atoms with Crippen molar-refractivity contribution in [3.05, 3.63) is 66.6 Å². The fourth-order valence-electron chi connectivity index (χ4n) is 1.20. The molecule has 0 amide bonds. The van der Waals surface area contributed by atoms with E-state index < -0.39 is 0 Å². The van der Waals surface area contributed by atoms with Crippen molar-refractivity contribution in [1.82, 2.24) is 5.32 Å². The Morgan fingerprint density at radius 3 is 2.64 bits per heavy atom. The molecule has 0 bridgehead atoms. The van der Waals surface area contributed by atoms with Gasteiger partial charge in [-0.2, -0.15) is 0 Å². The van der Waals surface area contributed by atoms with Crippen LogP contribution in [0.2, 0.25) is 0 Å². The Labute approximate surface area is 83.9 Å². The smallest absolute Gasteiger partial charge is 0.210 e. The van der Waals surface area contributed by atoms with E-state index in [-0.39, 0.29) is 0 Å². The summed E-state index contributed by atoms with van der Waals surface area (Å²) in [5.74, 6) is 0. The lowest BCUT2D eigenvalue weighted by molar-refractivity contribution is 0.136. The van der Waals surface area contributed by atoms with Gasteiger partial charge in [0.05, 0.1) is 6.61 Å². The third-order valence-corrected chi connectivity index (χ3v) is 1.92. The van der Waals surface area contributed by atoms with Crippen molar-refractivity contribution in [2.24, 2.45) is 0 Å². The summed E-state index contributed by atoms with van der Waals surface area (Å²) in [5.41, 5.74) is 1.17. The Balaban J connectivity index is 1.83. The normalized spacial score (nSPS) is 15.4. The monoisotopic (exact) mass is 186 g/mol. The largest absolute Gasteiger partial charge is 0.356 e. The summed E-state index contributed by atoms with van der Waals surface area (Å²) >= 11 is 0. The highest BCUT2D eigenvalue weighted by Crippen LogP contribution is 2.09. The van der Waals surface area contributed by atoms with Gasteiger partial charge in [0.25, 0.3) is 0 Å². The zero-order valence-electron chi connectivity index (χ0n) is 7.81. The Morgan fingerprint density at radius 2 is 1.93 bits per heavy atom. The zero-order chi connectivity index (χ0) is 9.64. The van der Waals surface area contributed by atoms with E-state index in [1.54, 1.807) is 0 Å². The fraction of sp³-hybridized carbons (Fsp3) is 0.0833. The molecule has 14 heavy (non-hydrogen) atoms. The van der Waals surface area contributed by atoms with E-state index in [2.05, 4.69) is 5.32 Å². The van der Waals surface area contributed by atoms with E-state index in [1.165, 1.54) is 5.56 Å². The maximum Gasteiger partial charge on any atom is 0.210 e. The Bertz CT molecular complexity index is 329. The molecular weight excluding hydrogens is 174 g/mol. The number of benzene rings is 1. The number of ether oxygens (including phenoxy) is 1. The minimum atomic E-state index is 0.599. The summed E-state index contributed by atoms with van der Waals surface area (Å²) in [4.78, 5) is 0. The van der Waals surface area contributed by atoms with Crippen LogP contribution in [0.5, 0.6) is 0 Å². The molecule has 1 aromatic carbocycles. The van der Waals surface area contributed by atoms with Gasteiger partial charge in [0.2, 0.25) is 6.23 Å². The summed E-state index contributed by atoms with van der Waals surface area (Å²) in [6, 6.07) is 10.1. The van der Waals surface area contributed by atoms with Gasteiger partial charge in [-0.1, -0.05) is 36.4 Å². The first-order chi connectivity index (χ1) is 6.95. The highest BCUT2D eigenvalue weighted by Gasteiger charge is 2.05. The second kappa shape index (κ2) is 4.63. The van der Waals surface area contributed by atoms with E-state index in [0.717, 1.165) is 6.23 Å². The molecule has 1 aliphatic rings. The van der Waals surface area contributed by atoms with E-state index in [1.807, 2.05) is 54.8 Å². The van der Waals surface area contributed by atoms with Crippen LogP contribution in [0.3, 0.4) is 0 Å². The summed E-state index contributed by atoms with van der Waals surface area (Å²) in [5, 5.41) is 3.02. The van der Waals surface area contributed by atoms with Gasteiger partial charge in [0.1, 0.15) is 0 Å². The molecular formula is C12H12NO. The lowest BCUT2D eigenvalue weighted by Gasteiger charge is -2.14. The molecule has 0 aliphatic carbocycles. The topological polar surface area (TPSA) is 21.3 Å². The van der Waals surface area contributed by atoms with Gasteiger partial charge in [0.15, 0.2) is 0 Å². The van der Waals surface area contributed by atoms with Crippen molar-refractivity contribution in [3.8, 4) is 0 Å². The predicted octanol–water partition coefficient (Wildman–Crippen LogP) is 2.37. The summed E-state index contributed by atoms with van der Waals surface area (Å²) in [7, 11) is 0. The molecule has 2 nitrogen and oxygen atoms in total. The van der Waals surface area contributed by atoms with Crippen molar-refractivity contribution in [2.45, 2.75) is 6.61 Å². The third-order valence-electron chi connectivity index (χ3n) is 1.92. The molecule has 0 unspecified atom stereocenters. The van der Waals surface area contributed by atoms with Crippen molar-refractivity contribution in [3.63, 3.8) is 0 Å². The average molecular weight is 186 g/mol. The van der Waals surface area contributed by atoms with E-state index in [0.29, 0.717) is 6.61 Å². The Hall–Kier alpha value is -1.54. The van der Waals surface area contributed by atoms with E-state index in [4.69, 9.17) is 4.74 Å². The summed E-state index contributed by atoms with van der Waals surface area (Å²) in [6.07, 6.45) is 8.41. The molecule has 1 aliphatic heterocycles. The van der Waals surface area contributed by atoms with Crippen molar-refractivity contribution < 1.29 is 4.74 Å². The Morgan fingerprint density at radius 1 is 1.07 bits per heavy atom. The molecule has 1 aromatic rings. The zero-order valence-corrected chi connectivity index (χ0v) is 7.81. The molecule has 0 saturated heterocycles. The van der Waals surface area contributed by atoms with Crippen LogP contribution < -0.4 is 5.32 Å². The van der Waals surface area contributed by atoms with Gasteiger partial charge >= 0.3 is 0 Å². The second-order valence-corrected chi connectivity index (χ2v) is 3.00. The second-order valence-electron chi connectivity index (χ2n) is 3.00. The van der Waals surface area contributed by atoms with Gasteiger partial charge < -0.3 is 10.1 Å².